The second-order valence-electron chi connectivity index (χ2n) is 7.31. The Morgan fingerprint density at radius 2 is 1.87 bits per heavy atom. The fraction of sp³-hybridized carbons (Fsp3) is 0.348. The first-order valence-electron chi connectivity index (χ1n) is 10.0. The van der Waals surface area contributed by atoms with Crippen molar-refractivity contribution in [2.24, 2.45) is 0 Å². The molecule has 0 aliphatic heterocycles. The van der Waals surface area contributed by atoms with Crippen molar-refractivity contribution in [2.45, 2.75) is 38.4 Å². The Labute approximate surface area is 182 Å². The zero-order valence-corrected chi connectivity index (χ0v) is 18.7. The SMILES string of the molecule is COc1ccc(-c2nnc(SCC(=O)NCCc3ccccc3C)n2C(C)C)cc1. The van der Waals surface area contributed by atoms with Crippen LogP contribution in [0.15, 0.2) is 53.7 Å². The smallest absolute Gasteiger partial charge is 0.230 e. The van der Waals surface area contributed by atoms with E-state index < -0.39 is 0 Å². The number of hydrogen-bond acceptors (Lipinski definition) is 5. The van der Waals surface area contributed by atoms with Gasteiger partial charge in [-0.1, -0.05) is 36.0 Å². The number of carbonyl (C=O) groups excluding carboxylic acids is 1. The molecule has 0 unspecified atom stereocenters. The third-order valence-corrected chi connectivity index (χ3v) is 5.78. The molecule has 3 rings (SSSR count). The summed E-state index contributed by atoms with van der Waals surface area (Å²) in [6.45, 7) is 6.88. The van der Waals surface area contributed by atoms with E-state index in [0.717, 1.165) is 28.7 Å². The Morgan fingerprint density at radius 3 is 2.53 bits per heavy atom. The number of nitrogens with zero attached hydrogens (tertiary/aromatic N) is 3. The maximum atomic E-state index is 12.3. The predicted molar refractivity (Wildman–Crippen MR) is 121 cm³/mol. The number of thioether (sulfide) groups is 1. The number of ether oxygens (including phenoxy) is 1. The van der Waals surface area contributed by atoms with Gasteiger partial charge in [0.25, 0.3) is 0 Å². The van der Waals surface area contributed by atoms with Crippen LogP contribution in [0.1, 0.15) is 31.0 Å². The van der Waals surface area contributed by atoms with Crippen LogP contribution in [-0.4, -0.2) is 40.1 Å². The lowest BCUT2D eigenvalue weighted by molar-refractivity contribution is -0.118. The molecule has 2 aromatic carbocycles. The first-order chi connectivity index (χ1) is 14.5. The van der Waals surface area contributed by atoms with Crippen molar-refractivity contribution in [1.29, 1.82) is 0 Å². The van der Waals surface area contributed by atoms with Gasteiger partial charge in [-0.05, 0) is 62.6 Å². The molecule has 0 atom stereocenters. The summed E-state index contributed by atoms with van der Waals surface area (Å²) in [5.74, 6) is 1.89. The van der Waals surface area contributed by atoms with Crippen LogP contribution >= 0.6 is 11.8 Å². The molecule has 30 heavy (non-hydrogen) atoms. The molecule has 0 spiro atoms. The lowest BCUT2D eigenvalue weighted by Crippen LogP contribution is -2.27. The number of carbonyl (C=O) groups is 1. The summed E-state index contributed by atoms with van der Waals surface area (Å²) in [7, 11) is 1.65. The lowest BCUT2D eigenvalue weighted by Gasteiger charge is -2.14. The molecule has 0 fully saturated rings. The van der Waals surface area contributed by atoms with Gasteiger partial charge < -0.3 is 10.1 Å². The third-order valence-electron chi connectivity index (χ3n) is 4.84. The minimum Gasteiger partial charge on any atom is -0.497 e. The van der Waals surface area contributed by atoms with Gasteiger partial charge in [0.15, 0.2) is 11.0 Å². The van der Waals surface area contributed by atoms with Gasteiger partial charge in [-0.15, -0.1) is 10.2 Å². The summed E-state index contributed by atoms with van der Waals surface area (Å²) < 4.78 is 7.29. The van der Waals surface area contributed by atoms with E-state index in [1.54, 1.807) is 7.11 Å². The molecule has 0 saturated carbocycles. The number of aromatic nitrogens is 3. The van der Waals surface area contributed by atoms with Gasteiger partial charge in [0.2, 0.25) is 5.91 Å². The lowest BCUT2D eigenvalue weighted by atomic mass is 10.1. The number of hydrogen-bond donors (Lipinski definition) is 1. The number of nitrogens with one attached hydrogen (secondary N) is 1. The molecular weight excluding hydrogens is 396 g/mol. The summed E-state index contributed by atoms with van der Waals surface area (Å²) in [6.07, 6.45) is 0.826. The topological polar surface area (TPSA) is 69.0 Å². The predicted octanol–water partition coefficient (Wildman–Crippen LogP) is 4.29. The summed E-state index contributed by atoms with van der Waals surface area (Å²) in [5.41, 5.74) is 3.47. The Bertz CT molecular complexity index is 983. The molecule has 1 heterocycles. The molecule has 1 aromatic heterocycles. The molecule has 0 bridgehead atoms. The molecule has 0 saturated heterocycles. The molecule has 0 radical (unpaired) electrons. The average molecular weight is 425 g/mol. The third kappa shape index (κ3) is 5.42. The monoisotopic (exact) mass is 424 g/mol. The normalized spacial score (nSPS) is 11.0. The van der Waals surface area contributed by atoms with Crippen LogP contribution in [0.5, 0.6) is 5.75 Å². The molecular formula is C23H28N4O2S. The second-order valence-corrected chi connectivity index (χ2v) is 8.26. The van der Waals surface area contributed by atoms with Crippen molar-refractivity contribution >= 4 is 17.7 Å². The van der Waals surface area contributed by atoms with Crippen molar-refractivity contribution in [2.75, 3.05) is 19.4 Å². The van der Waals surface area contributed by atoms with E-state index in [9.17, 15) is 4.79 Å². The van der Waals surface area contributed by atoms with Gasteiger partial charge >= 0.3 is 0 Å². The molecule has 6 nitrogen and oxygen atoms in total. The number of aryl methyl sites for hydroxylation is 1. The van der Waals surface area contributed by atoms with Crippen molar-refractivity contribution in [3.05, 3.63) is 59.7 Å². The zero-order chi connectivity index (χ0) is 21.5. The highest BCUT2D eigenvalue weighted by atomic mass is 32.2. The molecule has 7 heteroatoms. The summed E-state index contributed by atoms with van der Waals surface area (Å²) >= 11 is 1.41. The molecule has 1 amide bonds. The fourth-order valence-electron chi connectivity index (χ4n) is 3.19. The van der Waals surface area contributed by atoms with E-state index in [0.29, 0.717) is 12.3 Å². The minimum absolute atomic E-state index is 0.00196. The van der Waals surface area contributed by atoms with Crippen molar-refractivity contribution < 1.29 is 9.53 Å². The van der Waals surface area contributed by atoms with Crippen LogP contribution < -0.4 is 10.1 Å². The highest BCUT2D eigenvalue weighted by Crippen LogP contribution is 2.28. The molecule has 1 N–H and O–H groups in total. The minimum atomic E-state index is -0.00196. The van der Waals surface area contributed by atoms with Crippen LogP contribution in [0.25, 0.3) is 11.4 Å². The number of rotatable bonds is 9. The van der Waals surface area contributed by atoms with Crippen molar-refractivity contribution in [3.63, 3.8) is 0 Å². The van der Waals surface area contributed by atoms with Gasteiger partial charge in [0, 0.05) is 18.2 Å². The van der Waals surface area contributed by atoms with E-state index in [1.807, 2.05) is 36.4 Å². The van der Waals surface area contributed by atoms with E-state index in [1.165, 1.54) is 22.9 Å². The quantitative estimate of drug-likeness (QED) is 0.519. The van der Waals surface area contributed by atoms with E-state index >= 15 is 0 Å². The Kier molecular flexibility index (Phi) is 7.52. The van der Waals surface area contributed by atoms with Gasteiger partial charge in [0.1, 0.15) is 5.75 Å². The Balaban J connectivity index is 1.60. The zero-order valence-electron chi connectivity index (χ0n) is 17.9. The van der Waals surface area contributed by atoms with Gasteiger partial charge in [-0.3, -0.25) is 9.36 Å². The Morgan fingerprint density at radius 1 is 1.13 bits per heavy atom. The summed E-state index contributed by atoms with van der Waals surface area (Å²) in [5, 5.41) is 12.4. The summed E-state index contributed by atoms with van der Waals surface area (Å²) in [4.78, 5) is 12.3. The molecule has 3 aromatic rings. The van der Waals surface area contributed by atoms with Gasteiger partial charge in [-0.25, -0.2) is 0 Å². The number of benzene rings is 2. The van der Waals surface area contributed by atoms with Crippen molar-refractivity contribution in [1.82, 2.24) is 20.1 Å². The first-order valence-corrected chi connectivity index (χ1v) is 11.0. The van der Waals surface area contributed by atoms with Gasteiger partial charge in [0.05, 0.1) is 12.9 Å². The van der Waals surface area contributed by atoms with E-state index in [-0.39, 0.29) is 11.9 Å². The van der Waals surface area contributed by atoms with E-state index in [2.05, 4.69) is 53.0 Å². The largest absolute Gasteiger partial charge is 0.497 e. The first kappa shape index (κ1) is 21.9. The molecule has 0 aliphatic carbocycles. The highest BCUT2D eigenvalue weighted by Gasteiger charge is 2.18. The highest BCUT2D eigenvalue weighted by molar-refractivity contribution is 7.99. The standard InChI is InChI=1S/C23H28N4O2S/c1-16(2)27-22(19-9-11-20(29-4)12-10-19)25-26-23(27)30-15-21(28)24-14-13-18-8-6-5-7-17(18)3/h5-12,16H,13-15H2,1-4H3,(H,24,28). The fourth-order valence-corrected chi connectivity index (χ4v) is 4.08. The number of methoxy groups -OCH3 is 1. The molecule has 158 valence electrons. The maximum absolute atomic E-state index is 12.3. The van der Waals surface area contributed by atoms with Crippen molar-refractivity contribution in [3.8, 4) is 17.1 Å². The second kappa shape index (κ2) is 10.3. The Hall–Kier alpha value is -2.80. The van der Waals surface area contributed by atoms with Crippen LogP contribution in [0, 0.1) is 6.92 Å². The number of amides is 1. The van der Waals surface area contributed by atoms with Crippen LogP contribution in [0.3, 0.4) is 0 Å². The average Bonchev–Trinajstić information content (AvgIpc) is 3.18. The van der Waals surface area contributed by atoms with E-state index in [4.69, 9.17) is 4.74 Å². The van der Waals surface area contributed by atoms with Crippen LogP contribution in [0.4, 0.5) is 0 Å². The summed E-state index contributed by atoms with van der Waals surface area (Å²) in [6, 6.07) is 16.2. The molecule has 0 aliphatic rings. The maximum Gasteiger partial charge on any atom is 0.230 e. The van der Waals surface area contributed by atoms with Crippen LogP contribution in [-0.2, 0) is 11.2 Å². The van der Waals surface area contributed by atoms with Crippen LogP contribution in [0.2, 0.25) is 0 Å². The van der Waals surface area contributed by atoms with Gasteiger partial charge in [-0.2, -0.15) is 0 Å².